The Morgan fingerprint density at radius 2 is 2.14 bits per heavy atom. The maximum Gasteiger partial charge on any atom is 0.259 e. The Bertz CT molecular complexity index is 1400. The number of rotatable bonds is 4. The lowest BCUT2D eigenvalue weighted by Gasteiger charge is -2.42. The van der Waals surface area contributed by atoms with Gasteiger partial charge in [0.05, 0.1) is 54.4 Å². The fraction of sp³-hybridized carbons (Fsp3) is 0.292. The molecule has 1 unspecified atom stereocenters. The Kier molecular flexibility index (Phi) is 4.90. The minimum absolute atomic E-state index is 0.159. The van der Waals surface area contributed by atoms with Gasteiger partial charge in [-0.15, -0.1) is 0 Å². The number of methoxy groups -OCH3 is 1. The number of amides is 2. The van der Waals surface area contributed by atoms with Crippen molar-refractivity contribution in [2.45, 2.75) is 12.5 Å². The van der Waals surface area contributed by atoms with Gasteiger partial charge in [0.25, 0.3) is 5.91 Å². The van der Waals surface area contributed by atoms with Crippen LogP contribution in [0.15, 0.2) is 54.7 Å². The molecule has 0 radical (unpaired) electrons. The normalized spacial score (nSPS) is 18.5. The van der Waals surface area contributed by atoms with E-state index < -0.39 is 0 Å². The Balaban J connectivity index is 1.57. The van der Waals surface area contributed by atoms with E-state index in [4.69, 9.17) is 14.5 Å². The minimum atomic E-state index is -0.357. The quantitative estimate of drug-likeness (QED) is 0.573. The lowest BCUT2D eigenvalue weighted by Crippen LogP contribution is -2.43. The minimum Gasteiger partial charge on any atom is -0.499 e. The van der Waals surface area contributed by atoms with Gasteiger partial charge in [-0.2, -0.15) is 10.2 Å². The molecule has 1 atom stereocenters. The van der Waals surface area contributed by atoms with Crippen molar-refractivity contribution in [1.82, 2.24) is 24.6 Å². The molecule has 1 aromatic carbocycles. The van der Waals surface area contributed by atoms with Crippen LogP contribution in [0, 0.1) is 0 Å². The second-order valence-electron chi connectivity index (χ2n) is 8.44. The van der Waals surface area contributed by atoms with Crippen molar-refractivity contribution in [3.8, 4) is 5.75 Å². The molecule has 35 heavy (non-hydrogen) atoms. The van der Waals surface area contributed by atoms with E-state index in [1.54, 1.807) is 18.1 Å². The van der Waals surface area contributed by atoms with Crippen LogP contribution in [0.3, 0.4) is 0 Å². The van der Waals surface area contributed by atoms with Crippen LogP contribution in [0.5, 0.6) is 5.75 Å². The average Bonchev–Trinajstić information content (AvgIpc) is 3.15. The molecule has 0 spiro atoms. The van der Waals surface area contributed by atoms with Gasteiger partial charge in [0.1, 0.15) is 23.8 Å². The van der Waals surface area contributed by atoms with E-state index in [2.05, 4.69) is 27.0 Å². The molecule has 6 rings (SSSR count). The molecule has 5 heterocycles. The third-order valence-electron chi connectivity index (χ3n) is 6.64. The van der Waals surface area contributed by atoms with Gasteiger partial charge in [0.15, 0.2) is 0 Å². The number of hydrogen-bond acceptors (Lipinski definition) is 8. The van der Waals surface area contributed by atoms with E-state index in [1.165, 1.54) is 18.5 Å². The number of nitrogens with zero attached hydrogens (tertiary/aromatic N) is 6. The number of ether oxygens (including phenoxy) is 2. The first-order valence-electron chi connectivity index (χ1n) is 11.3. The summed E-state index contributed by atoms with van der Waals surface area (Å²) in [6, 6.07) is 5.03. The second-order valence-corrected chi connectivity index (χ2v) is 8.44. The van der Waals surface area contributed by atoms with E-state index in [1.807, 2.05) is 16.7 Å². The van der Waals surface area contributed by atoms with Crippen LogP contribution in [0.1, 0.15) is 22.8 Å². The zero-order valence-corrected chi connectivity index (χ0v) is 19.1. The summed E-state index contributed by atoms with van der Waals surface area (Å²) in [5, 5.41) is 10.5. The molecule has 178 valence electrons. The Morgan fingerprint density at radius 3 is 2.91 bits per heavy atom. The van der Waals surface area contributed by atoms with Crippen LogP contribution in [0.25, 0.3) is 11.0 Å². The highest BCUT2D eigenvalue weighted by molar-refractivity contribution is 6.05. The summed E-state index contributed by atoms with van der Waals surface area (Å²) in [6.07, 6.45) is 4.74. The van der Waals surface area contributed by atoms with Crippen molar-refractivity contribution >= 4 is 34.5 Å². The fourth-order valence-electron chi connectivity index (χ4n) is 5.13. The summed E-state index contributed by atoms with van der Waals surface area (Å²) in [7, 11) is 1.65. The van der Waals surface area contributed by atoms with E-state index >= 15 is 0 Å². The molecular weight excluding hydrogens is 450 g/mol. The van der Waals surface area contributed by atoms with Crippen molar-refractivity contribution in [3.63, 3.8) is 0 Å². The summed E-state index contributed by atoms with van der Waals surface area (Å²) in [5.74, 6) is 1.38. The van der Waals surface area contributed by atoms with Crippen LogP contribution >= 0.6 is 0 Å². The molecule has 2 aromatic heterocycles. The van der Waals surface area contributed by atoms with Crippen molar-refractivity contribution in [3.05, 3.63) is 60.3 Å². The van der Waals surface area contributed by atoms with Gasteiger partial charge in [-0.05, 0) is 24.3 Å². The first-order valence-corrected chi connectivity index (χ1v) is 11.3. The number of hydrogen-bond donors (Lipinski definition) is 1. The molecule has 3 aliphatic heterocycles. The predicted octanol–water partition coefficient (Wildman–Crippen LogP) is 2.11. The van der Waals surface area contributed by atoms with Crippen LogP contribution in [0.2, 0.25) is 0 Å². The summed E-state index contributed by atoms with van der Waals surface area (Å²) in [5.41, 5.74) is 3.74. The van der Waals surface area contributed by atoms with Gasteiger partial charge in [0, 0.05) is 19.5 Å². The molecule has 3 aromatic rings. The zero-order chi connectivity index (χ0) is 24.1. The molecule has 3 aliphatic rings. The third kappa shape index (κ3) is 3.22. The van der Waals surface area contributed by atoms with Crippen molar-refractivity contribution < 1.29 is 19.1 Å². The number of nitrogens with one attached hydrogen (secondary N) is 1. The number of anilines is 2. The van der Waals surface area contributed by atoms with Gasteiger partial charge in [0.2, 0.25) is 11.9 Å². The monoisotopic (exact) mass is 473 g/mol. The maximum atomic E-state index is 13.0. The maximum absolute atomic E-state index is 13.0. The smallest absolute Gasteiger partial charge is 0.259 e. The lowest BCUT2D eigenvalue weighted by atomic mass is 10.0. The van der Waals surface area contributed by atoms with E-state index in [9.17, 15) is 9.59 Å². The van der Waals surface area contributed by atoms with E-state index in [-0.39, 0.29) is 17.9 Å². The van der Waals surface area contributed by atoms with Gasteiger partial charge < -0.3 is 19.3 Å². The third-order valence-corrected chi connectivity index (χ3v) is 6.64. The fourth-order valence-corrected chi connectivity index (χ4v) is 5.13. The standard InChI is InChI=1S/C24H23N7O4/c1-3-19(32)29-9-7-17(34-2)21-16(13-29)31-20-15(4-5-18-22(20)30(21)10-11-35-18)27-24(31)28-23(33)14-6-8-25-26-12-14/h3-6,8,12,16H,1,7,9-11,13H2,2H3,(H,27,28,33). The molecular formula is C24H23N7O4. The SMILES string of the molecule is C=CC(=O)N1CCC(OC)=C2C(C1)n1c(NC(=O)c3ccnnc3)nc3ccc4c(c31)N2CCO4. The molecule has 0 fully saturated rings. The van der Waals surface area contributed by atoms with Crippen LogP contribution in [-0.4, -0.2) is 69.8 Å². The molecule has 0 aliphatic carbocycles. The number of benzene rings is 1. The van der Waals surface area contributed by atoms with Crippen molar-refractivity contribution in [2.75, 3.05) is 43.6 Å². The largest absolute Gasteiger partial charge is 0.499 e. The van der Waals surface area contributed by atoms with E-state index in [0.29, 0.717) is 49.7 Å². The van der Waals surface area contributed by atoms with Gasteiger partial charge in [-0.3, -0.25) is 19.5 Å². The Labute approximate surface area is 200 Å². The van der Waals surface area contributed by atoms with Crippen LogP contribution < -0.4 is 15.0 Å². The molecule has 1 N–H and O–H groups in total. The van der Waals surface area contributed by atoms with Gasteiger partial charge in [-0.25, -0.2) is 4.98 Å². The predicted molar refractivity (Wildman–Crippen MR) is 127 cm³/mol. The van der Waals surface area contributed by atoms with Crippen LogP contribution in [-0.2, 0) is 9.53 Å². The average molecular weight is 473 g/mol. The van der Waals surface area contributed by atoms with Crippen molar-refractivity contribution in [2.24, 2.45) is 0 Å². The molecule has 2 amide bonds. The molecule has 11 nitrogen and oxygen atoms in total. The van der Waals surface area contributed by atoms with Gasteiger partial charge >= 0.3 is 0 Å². The molecule has 0 saturated heterocycles. The summed E-state index contributed by atoms with van der Waals surface area (Å²) >= 11 is 0. The molecule has 0 saturated carbocycles. The number of aromatic nitrogens is 4. The number of carbonyl (C=O) groups is 2. The number of imidazole rings is 1. The number of carbonyl (C=O) groups excluding carboxylic acids is 2. The second kappa shape index (κ2) is 8.12. The first kappa shape index (κ1) is 21.1. The summed E-state index contributed by atoms with van der Waals surface area (Å²) in [6.45, 7) is 5.69. The van der Waals surface area contributed by atoms with Crippen molar-refractivity contribution in [1.29, 1.82) is 0 Å². The first-order chi connectivity index (χ1) is 17.1. The number of fused-ring (bicyclic) bond motifs is 3. The Morgan fingerprint density at radius 1 is 1.26 bits per heavy atom. The molecule has 11 heteroatoms. The summed E-state index contributed by atoms with van der Waals surface area (Å²) < 4.78 is 13.8. The summed E-state index contributed by atoms with van der Waals surface area (Å²) in [4.78, 5) is 34.5. The zero-order valence-electron chi connectivity index (χ0n) is 19.1. The highest BCUT2D eigenvalue weighted by Gasteiger charge is 2.42. The highest BCUT2D eigenvalue weighted by Crippen LogP contribution is 2.50. The van der Waals surface area contributed by atoms with Crippen LogP contribution in [0.4, 0.5) is 11.6 Å². The lowest BCUT2D eigenvalue weighted by molar-refractivity contribution is -0.126. The topological polar surface area (TPSA) is 115 Å². The highest BCUT2D eigenvalue weighted by atomic mass is 16.5. The Hall–Kier alpha value is -4.41. The van der Waals surface area contributed by atoms with E-state index in [0.717, 1.165) is 28.4 Å². The van der Waals surface area contributed by atoms with Gasteiger partial charge in [-0.1, -0.05) is 6.58 Å². The molecule has 0 bridgehead atoms.